The minimum atomic E-state index is -2.39. The molecule has 1 aromatic carbocycles. The third-order valence-electron chi connectivity index (χ3n) is 6.20. The Labute approximate surface area is 216 Å². The largest absolute Gasteiger partial charge is 0.502 e. The number of esters is 1. The summed E-state index contributed by atoms with van der Waals surface area (Å²) < 4.78 is 31.7. The summed E-state index contributed by atoms with van der Waals surface area (Å²) in [6, 6.07) is 2.80. The van der Waals surface area contributed by atoms with Gasteiger partial charge in [-0.25, -0.2) is 4.79 Å². The summed E-state index contributed by atoms with van der Waals surface area (Å²) in [6.45, 7) is -2.63. The fourth-order valence-corrected chi connectivity index (χ4v) is 4.11. The summed E-state index contributed by atoms with van der Waals surface area (Å²) >= 11 is 0. The van der Waals surface area contributed by atoms with Crippen LogP contribution in [0, 0.1) is 0 Å². The van der Waals surface area contributed by atoms with Crippen molar-refractivity contribution >= 4 is 12.0 Å². The van der Waals surface area contributed by atoms with Gasteiger partial charge in [0, 0.05) is 6.08 Å². The van der Waals surface area contributed by atoms with Gasteiger partial charge >= 0.3 is 5.97 Å². The van der Waals surface area contributed by atoms with E-state index in [-0.39, 0.29) is 17.2 Å². The Morgan fingerprint density at radius 3 is 2.08 bits per heavy atom. The lowest BCUT2D eigenvalue weighted by Gasteiger charge is -2.43. The van der Waals surface area contributed by atoms with Gasteiger partial charge in [-0.05, 0) is 23.8 Å². The first kappa shape index (κ1) is 30.0. The lowest BCUT2D eigenvalue weighted by molar-refractivity contribution is -0.383. The molecule has 0 radical (unpaired) electrons. The van der Waals surface area contributed by atoms with Gasteiger partial charge in [0.15, 0.2) is 23.9 Å². The van der Waals surface area contributed by atoms with Crippen LogP contribution in [0.3, 0.4) is 0 Å². The van der Waals surface area contributed by atoms with Crippen LogP contribution in [0.25, 0.3) is 6.08 Å². The number of hydrogen-bond acceptors (Lipinski definition) is 15. The second-order valence-corrected chi connectivity index (χ2v) is 8.58. The van der Waals surface area contributed by atoms with Gasteiger partial charge in [0.2, 0.25) is 11.5 Å². The molecule has 2 aliphatic heterocycles. The standard InChI is InChI=1S/C23H32O15/c1-33-11-5-10(6-12(34-2)16(11)28)3-4-15(27)36-21-18(30)14(8-25)37-23(21,9-26)38-22-20(32)19(31)17(29)13(7-24)35-22/h3-6,13-14,17-22,24-26,28-32H,7-9H2,1-2H3/b4-3+/t13-,14-,17-,18-,19+,20-,21+,22-,23-/m1/s1. The lowest BCUT2D eigenvalue weighted by atomic mass is 9.99. The minimum Gasteiger partial charge on any atom is -0.502 e. The van der Waals surface area contributed by atoms with E-state index < -0.39 is 80.6 Å². The van der Waals surface area contributed by atoms with Crippen molar-refractivity contribution in [2.24, 2.45) is 0 Å². The molecule has 15 heteroatoms. The van der Waals surface area contributed by atoms with Crippen molar-refractivity contribution in [1.29, 1.82) is 0 Å². The molecule has 214 valence electrons. The molecule has 0 aliphatic carbocycles. The van der Waals surface area contributed by atoms with Gasteiger partial charge in [-0.1, -0.05) is 0 Å². The first-order valence-electron chi connectivity index (χ1n) is 11.4. The average Bonchev–Trinajstić information content (AvgIpc) is 3.18. The van der Waals surface area contributed by atoms with Crippen LogP contribution >= 0.6 is 0 Å². The van der Waals surface area contributed by atoms with Crippen molar-refractivity contribution in [2.45, 2.75) is 54.8 Å². The zero-order valence-corrected chi connectivity index (χ0v) is 20.5. The van der Waals surface area contributed by atoms with E-state index in [1.54, 1.807) is 0 Å². The Morgan fingerprint density at radius 1 is 0.947 bits per heavy atom. The lowest BCUT2D eigenvalue weighted by Crippen LogP contribution is -2.63. The molecule has 0 amide bonds. The van der Waals surface area contributed by atoms with Crippen LogP contribution in [0.5, 0.6) is 17.2 Å². The maximum Gasteiger partial charge on any atom is 0.331 e. The highest BCUT2D eigenvalue weighted by atomic mass is 16.8. The van der Waals surface area contributed by atoms with Crippen LogP contribution in [0.15, 0.2) is 18.2 Å². The van der Waals surface area contributed by atoms with Crippen molar-refractivity contribution < 1.29 is 74.1 Å². The number of carbonyl (C=O) groups excluding carboxylic acids is 1. The third-order valence-corrected chi connectivity index (χ3v) is 6.20. The Kier molecular flexibility index (Phi) is 9.88. The SMILES string of the molecule is COc1cc(/C=C/C(=O)O[C@H]2[C@H](O)[C@@H](CO)O[C@]2(CO)O[C@H]2O[C@H](CO)[C@@H](O)[C@H](O)[C@H]2O)cc(OC)c1O. The van der Waals surface area contributed by atoms with Crippen LogP contribution < -0.4 is 9.47 Å². The highest BCUT2D eigenvalue weighted by Crippen LogP contribution is 2.39. The van der Waals surface area contributed by atoms with Crippen molar-refractivity contribution in [2.75, 3.05) is 34.0 Å². The van der Waals surface area contributed by atoms with Crippen molar-refractivity contribution in [1.82, 2.24) is 0 Å². The normalized spacial score (nSPS) is 35.4. The molecule has 9 atom stereocenters. The molecule has 15 nitrogen and oxygen atoms in total. The van der Waals surface area contributed by atoms with Crippen LogP contribution in [0.4, 0.5) is 0 Å². The third kappa shape index (κ3) is 5.86. The quantitative estimate of drug-likeness (QED) is 0.105. The molecule has 3 rings (SSSR count). The predicted molar refractivity (Wildman–Crippen MR) is 123 cm³/mol. The minimum absolute atomic E-state index is 0.0648. The second-order valence-electron chi connectivity index (χ2n) is 8.58. The molecule has 2 heterocycles. The summed E-state index contributed by atoms with van der Waals surface area (Å²) in [6.07, 6.45) is -11.3. The van der Waals surface area contributed by atoms with Gasteiger partial charge in [-0.2, -0.15) is 0 Å². The molecule has 38 heavy (non-hydrogen) atoms. The summed E-state index contributed by atoms with van der Waals surface area (Å²) in [5, 5.41) is 80.1. The van der Waals surface area contributed by atoms with Crippen molar-refractivity contribution in [3.8, 4) is 17.2 Å². The molecule has 2 aliphatic rings. The van der Waals surface area contributed by atoms with E-state index in [9.17, 15) is 45.6 Å². The van der Waals surface area contributed by atoms with E-state index >= 15 is 0 Å². The van der Waals surface area contributed by atoms with E-state index in [2.05, 4.69) is 0 Å². The number of phenols is 1. The molecule has 1 aromatic rings. The van der Waals surface area contributed by atoms with Gasteiger partial charge in [0.1, 0.15) is 43.2 Å². The van der Waals surface area contributed by atoms with Crippen LogP contribution in [-0.4, -0.2) is 136 Å². The summed E-state index contributed by atoms with van der Waals surface area (Å²) in [5.41, 5.74) is 0.357. The van der Waals surface area contributed by atoms with E-state index in [1.807, 2.05) is 0 Å². The van der Waals surface area contributed by atoms with E-state index in [0.29, 0.717) is 5.56 Å². The van der Waals surface area contributed by atoms with Gasteiger partial charge in [0.25, 0.3) is 0 Å². The van der Waals surface area contributed by atoms with Crippen LogP contribution in [0.2, 0.25) is 0 Å². The smallest absolute Gasteiger partial charge is 0.331 e. The zero-order valence-electron chi connectivity index (χ0n) is 20.5. The molecule has 0 unspecified atom stereocenters. The van der Waals surface area contributed by atoms with E-state index in [1.165, 1.54) is 32.4 Å². The number of ether oxygens (including phenoxy) is 6. The van der Waals surface area contributed by atoms with Gasteiger partial charge in [0.05, 0.1) is 27.4 Å². The van der Waals surface area contributed by atoms with Gasteiger partial charge in [-0.15, -0.1) is 0 Å². The molecular formula is C23H32O15. The zero-order chi connectivity index (χ0) is 28.2. The first-order valence-corrected chi connectivity index (χ1v) is 11.4. The molecular weight excluding hydrogens is 516 g/mol. The predicted octanol–water partition coefficient (Wildman–Crippen LogP) is -3.41. The van der Waals surface area contributed by atoms with Crippen LogP contribution in [0.1, 0.15) is 5.56 Å². The molecule has 0 aromatic heterocycles. The van der Waals surface area contributed by atoms with Crippen molar-refractivity contribution in [3.05, 3.63) is 23.8 Å². The molecule has 0 bridgehead atoms. The number of carbonyl (C=O) groups is 1. The summed E-state index contributed by atoms with van der Waals surface area (Å²) in [7, 11) is 2.64. The molecule has 2 saturated heterocycles. The van der Waals surface area contributed by atoms with Crippen molar-refractivity contribution in [3.63, 3.8) is 0 Å². The highest BCUT2D eigenvalue weighted by Gasteiger charge is 2.60. The summed E-state index contributed by atoms with van der Waals surface area (Å²) in [5.74, 6) is -3.58. The van der Waals surface area contributed by atoms with E-state index in [4.69, 9.17) is 28.4 Å². The molecule has 0 spiro atoms. The number of benzene rings is 1. The Bertz CT molecular complexity index is 959. The average molecular weight is 548 g/mol. The number of hydrogen-bond donors (Lipinski definition) is 8. The maximum atomic E-state index is 12.7. The van der Waals surface area contributed by atoms with Gasteiger partial charge in [-0.3, -0.25) is 0 Å². The summed E-state index contributed by atoms with van der Waals surface area (Å²) in [4.78, 5) is 12.7. The fraction of sp³-hybridized carbons (Fsp3) is 0.609. The number of aliphatic hydroxyl groups is 7. The highest BCUT2D eigenvalue weighted by molar-refractivity contribution is 5.87. The number of methoxy groups -OCH3 is 2. The Balaban J connectivity index is 1.84. The fourth-order valence-electron chi connectivity index (χ4n) is 4.11. The number of aliphatic hydroxyl groups excluding tert-OH is 7. The monoisotopic (exact) mass is 548 g/mol. The Hall–Kier alpha value is -2.57. The number of rotatable bonds is 10. The Morgan fingerprint density at radius 2 is 1.55 bits per heavy atom. The topological polar surface area (TPSA) is 234 Å². The molecule has 8 N–H and O–H groups in total. The number of aromatic hydroxyl groups is 1. The maximum absolute atomic E-state index is 12.7. The first-order chi connectivity index (χ1) is 18.0. The molecule has 2 fully saturated rings. The number of phenolic OH excluding ortho intramolecular Hbond substituents is 1. The second kappa shape index (κ2) is 12.5. The van der Waals surface area contributed by atoms with Crippen LogP contribution in [-0.2, 0) is 23.7 Å². The van der Waals surface area contributed by atoms with E-state index in [0.717, 1.165) is 6.08 Å². The van der Waals surface area contributed by atoms with Gasteiger partial charge < -0.3 is 69.3 Å². The molecule has 0 saturated carbocycles.